The van der Waals surface area contributed by atoms with Gasteiger partial charge >= 0.3 is 5.91 Å². The maximum atomic E-state index is 12.8. The SMILES string of the molecule is O=C(NNc1ccc(F)cc1)c1nnc2ccccc2n1. The number of amides is 1. The zero-order valence-electron chi connectivity index (χ0n) is 10.7. The van der Waals surface area contributed by atoms with Gasteiger partial charge in [0.2, 0.25) is 5.82 Å². The molecule has 1 amide bonds. The average molecular weight is 283 g/mol. The Hall–Kier alpha value is -3.09. The predicted molar refractivity (Wildman–Crippen MR) is 74.8 cm³/mol. The van der Waals surface area contributed by atoms with E-state index in [4.69, 9.17) is 0 Å². The van der Waals surface area contributed by atoms with Gasteiger partial charge in [0, 0.05) is 0 Å². The predicted octanol–water partition coefficient (Wildman–Crippen LogP) is 1.92. The third kappa shape index (κ3) is 2.92. The number of rotatable bonds is 3. The minimum Gasteiger partial charge on any atom is -0.298 e. The van der Waals surface area contributed by atoms with Gasteiger partial charge in [-0.15, -0.1) is 10.2 Å². The van der Waals surface area contributed by atoms with Gasteiger partial charge in [-0.25, -0.2) is 9.37 Å². The number of fused-ring (bicyclic) bond motifs is 1. The van der Waals surface area contributed by atoms with Crippen LogP contribution in [-0.2, 0) is 0 Å². The van der Waals surface area contributed by atoms with E-state index in [1.165, 1.54) is 24.3 Å². The number of nitrogens with one attached hydrogen (secondary N) is 2. The molecule has 7 heteroatoms. The van der Waals surface area contributed by atoms with Crippen molar-refractivity contribution in [1.82, 2.24) is 20.6 Å². The van der Waals surface area contributed by atoms with E-state index >= 15 is 0 Å². The van der Waals surface area contributed by atoms with Crippen molar-refractivity contribution in [3.63, 3.8) is 0 Å². The molecule has 0 aliphatic rings. The third-order valence-electron chi connectivity index (χ3n) is 2.73. The maximum absolute atomic E-state index is 12.8. The topological polar surface area (TPSA) is 79.8 Å². The summed E-state index contributed by atoms with van der Waals surface area (Å²) in [5.74, 6) is -0.935. The van der Waals surface area contributed by atoms with Crippen LogP contribution >= 0.6 is 0 Å². The fraction of sp³-hybridized carbons (Fsp3) is 0. The van der Waals surface area contributed by atoms with E-state index in [9.17, 15) is 9.18 Å². The minimum atomic E-state index is -0.530. The van der Waals surface area contributed by atoms with Gasteiger partial charge < -0.3 is 0 Å². The first-order valence-corrected chi connectivity index (χ1v) is 6.14. The molecule has 2 N–H and O–H groups in total. The Morgan fingerprint density at radius 1 is 0.952 bits per heavy atom. The number of anilines is 1. The van der Waals surface area contributed by atoms with Crippen molar-refractivity contribution in [2.45, 2.75) is 0 Å². The Kier molecular flexibility index (Phi) is 3.38. The molecule has 0 saturated heterocycles. The molecular weight excluding hydrogens is 273 g/mol. The largest absolute Gasteiger partial charge is 0.309 e. The number of carbonyl (C=O) groups excluding carboxylic acids is 1. The molecule has 2 aromatic carbocycles. The summed E-state index contributed by atoms with van der Waals surface area (Å²) in [5, 5.41) is 7.68. The molecule has 0 fully saturated rings. The number of para-hydroxylation sites is 1. The summed E-state index contributed by atoms with van der Waals surface area (Å²) in [6, 6.07) is 12.7. The number of hydrogen-bond acceptors (Lipinski definition) is 5. The fourth-order valence-electron chi connectivity index (χ4n) is 1.70. The fourth-order valence-corrected chi connectivity index (χ4v) is 1.70. The molecule has 0 aliphatic carbocycles. The lowest BCUT2D eigenvalue weighted by molar-refractivity contribution is 0.0951. The Balaban J connectivity index is 1.73. The molecule has 3 aromatic rings. The smallest absolute Gasteiger partial charge is 0.298 e. The molecule has 0 aliphatic heterocycles. The van der Waals surface area contributed by atoms with Crippen molar-refractivity contribution in [3.05, 3.63) is 60.2 Å². The van der Waals surface area contributed by atoms with E-state index in [0.717, 1.165) is 0 Å². The van der Waals surface area contributed by atoms with Crippen molar-refractivity contribution < 1.29 is 9.18 Å². The molecule has 1 aromatic heterocycles. The Morgan fingerprint density at radius 3 is 2.43 bits per heavy atom. The summed E-state index contributed by atoms with van der Waals surface area (Å²) in [7, 11) is 0. The summed E-state index contributed by atoms with van der Waals surface area (Å²) in [6.45, 7) is 0. The van der Waals surface area contributed by atoms with Crippen LogP contribution in [0.3, 0.4) is 0 Å². The van der Waals surface area contributed by atoms with E-state index in [1.54, 1.807) is 18.2 Å². The number of halogens is 1. The van der Waals surface area contributed by atoms with Crippen LogP contribution < -0.4 is 10.9 Å². The van der Waals surface area contributed by atoms with Crippen molar-refractivity contribution in [2.75, 3.05) is 5.43 Å². The van der Waals surface area contributed by atoms with E-state index in [1.807, 2.05) is 6.07 Å². The van der Waals surface area contributed by atoms with E-state index < -0.39 is 5.91 Å². The van der Waals surface area contributed by atoms with E-state index in [2.05, 4.69) is 26.0 Å². The van der Waals surface area contributed by atoms with Crippen LogP contribution in [0.2, 0.25) is 0 Å². The van der Waals surface area contributed by atoms with Crippen molar-refractivity contribution in [2.24, 2.45) is 0 Å². The van der Waals surface area contributed by atoms with Crippen LogP contribution in [0.25, 0.3) is 11.0 Å². The monoisotopic (exact) mass is 283 g/mol. The number of benzene rings is 2. The molecule has 0 bridgehead atoms. The lowest BCUT2D eigenvalue weighted by Gasteiger charge is -2.07. The zero-order chi connectivity index (χ0) is 14.7. The highest BCUT2D eigenvalue weighted by Gasteiger charge is 2.10. The second kappa shape index (κ2) is 5.49. The summed E-state index contributed by atoms with van der Waals surface area (Å²) < 4.78 is 12.8. The van der Waals surface area contributed by atoms with Gasteiger partial charge in [0.15, 0.2) is 0 Å². The Bertz CT molecular complexity index is 791. The van der Waals surface area contributed by atoms with Gasteiger partial charge in [0.25, 0.3) is 0 Å². The molecule has 0 radical (unpaired) electrons. The molecular formula is C14H10FN5O. The molecule has 0 spiro atoms. The summed E-state index contributed by atoms with van der Waals surface area (Å²) >= 11 is 0. The number of aromatic nitrogens is 3. The Labute approximate surface area is 119 Å². The number of hydrogen-bond donors (Lipinski definition) is 2. The molecule has 0 unspecified atom stereocenters. The number of nitrogens with zero attached hydrogens (tertiary/aromatic N) is 3. The average Bonchev–Trinajstić information content (AvgIpc) is 2.53. The minimum absolute atomic E-state index is 0.0525. The highest BCUT2D eigenvalue weighted by atomic mass is 19.1. The molecule has 21 heavy (non-hydrogen) atoms. The van der Waals surface area contributed by atoms with Crippen LogP contribution in [0.4, 0.5) is 10.1 Å². The first kappa shape index (κ1) is 12.9. The first-order valence-electron chi connectivity index (χ1n) is 6.14. The van der Waals surface area contributed by atoms with Gasteiger partial charge in [-0.1, -0.05) is 12.1 Å². The molecule has 0 atom stereocenters. The zero-order valence-corrected chi connectivity index (χ0v) is 10.7. The third-order valence-corrected chi connectivity index (χ3v) is 2.73. The number of carbonyl (C=O) groups is 1. The standard InChI is InChI=1S/C14H10FN5O/c15-9-5-7-10(8-6-9)17-20-14(21)13-16-11-3-1-2-4-12(11)18-19-13/h1-8,17H,(H,20,21). The molecule has 0 saturated carbocycles. The van der Waals surface area contributed by atoms with Crippen LogP contribution in [0.1, 0.15) is 10.6 Å². The van der Waals surface area contributed by atoms with Crippen molar-refractivity contribution >= 4 is 22.6 Å². The van der Waals surface area contributed by atoms with Crippen LogP contribution in [0.5, 0.6) is 0 Å². The molecule has 104 valence electrons. The quantitative estimate of drug-likeness (QED) is 0.718. The van der Waals surface area contributed by atoms with Gasteiger partial charge in [-0.3, -0.25) is 15.6 Å². The van der Waals surface area contributed by atoms with Crippen molar-refractivity contribution in [3.8, 4) is 0 Å². The van der Waals surface area contributed by atoms with E-state index in [-0.39, 0.29) is 11.6 Å². The highest BCUT2D eigenvalue weighted by molar-refractivity contribution is 5.92. The molecule has 1 heterocycles. The molecule has 3 rings (SSSR count). The van der Waals surface area contributed by atoms with Crippen molar-refractivity contribution in [1.29, 1.82) is 0 Å². The van der Waals surface area contributed by atoms with E-state index in [0.29, 0.717) is 16.7 Å². The summed E-state index contributed by atoms with van der Waals surface area (Å²) in [5.41, 5.74) is 6.80. The lowest BCUT2D eigenvalue weighted by Crippen LogP contribution is -2.31. The first-order chi connectivity index (χ1) is 10.2. The van der Waals surface area contributed by atoms with Gasteiger partial charge in [0.05, 0.1) is 11.2 Å². The maximum Gasteiger partial charge on any atom is 0.309 e. The van der Waals surface area contributed by atoms with Crippen LogP contribution in [0, 0.1) is 5.82 Å². The lowest BCUT2D eigenvalue weighted by atomic mass is 10.3. The second-order valence-corrected chi connectivity index (χ2v) is 4.21. The second-order valence-electron chi connectivity index (χ2n) is 4.21. The van der Waals surface area contributed by atoms with Gasteiger partial charge in [0.1, 0.15) is 11.3 Å². The highest BCUT2D eigenvalue weighted by Crippen LogP contribution is 2.08. The van der Waals surface area contributed by atoms with Gasteiger partial charge in [-0.2, -0.15) is 0 Å². The Morgan fingerprint density at radius 2 is 1.67 bits per heavy atom. The normalized spacial score (nSPS) is 10.3. The number of hydrazine groups is 1. The van der Waals surface area contributed by atoms with Crippen LogP contribution in [-0.4, -0.2) is 21.1 Å². The summed E-state index contributed by atoms with van der Waals surface area (Å²) in [4.78, 5) is 16.0. The van der Waals surface area contributed by atoms with Crippen LogP contribution in [0.15, 0.2) is 48.5 Å². The van der Waals surface area contributed by atoms with Gasteiger partial charge in [-0.05, 0) is 36.4 Å². The summed E-state index contributed by atoms with van der Waals surface area (Å²) in [6.07, 6.45) is 0. The molecule has 6 nitrogen and oxygen atoms in total.